The Morgan fingerprint density at radius 3 is 2.29 bits per heavy atom. The lowest BCUT2D eigenvalue weighted by atomic mass is 10.0. The molecule has 1 nitrogen and oxygen atoms in total. The summed E-state index contributed by atoms with van der Waals surface area (Å²) in [5, 5.41) is 3.10. The molecular formula is C18H19F2N. The SMILES string of the molecule is Cc1ccc(C(Nc2c(F)ccc(C)c2F)C2CC2)cc1. The van der Waals surface area contributed by atoms with E-state index in [9.17, 15) is 8.78 Å². The molecule has 3 rings (SSSR count). The fourth-order valence-corrected chi connectivity index (χ4v) is 2.62. The molecule has 21 heavy (non-hydrogen) atoms. The third-order valence-corrected chi connectivity index (χ3v) is 4.11. The molecule has 0 radical (unpaired) electrons. The number of hydrogen-bond acceptors (Lipinski definition) is 1. The number of rotatable bonds is 4. The molecule has 0 saturated heterocycles. The summed E-state index contributed by atoms with van der Waals surface area (Å²) in [6, 6.07) is 10.9. The van der Waals surface area contributed by atoms with Gasteiger partial charge >= 0.3 is 0 Å². The summed E-state index contributed by atoms with van der Waals surface area (Å²) < 4.78 is 28.1. The third kappa shape index (κ3) is 2.92. The zero-order valence-corrected chi connectivity index (χ0v) is 12.3. The average molecular weight is 287 g/mol. The summed E-state index contributed by atoms with van der Waals surface area (Å²) >= 11 is 0. The Morgan fingerprint density at radius 1 is 1.00 bits per heavy atom. The summed E-state index contributed by atoms with van der Waals surface area (Å²) in [6.45, 7) is 3.68. The predicted octanol–water partition coefficient (Wildman–Crippen LogP) is 5.14. The first-order chi connectivity index (χ1) is 10.1. The molecule has 0 amide bonds. The summed E-state index contributed by atoms with van der Waals surface area (Å²) in [5.41, 5.74) is 2.72. The van der Waals surface area contributed by atoms with Crippen LogP contribution in [0.25, 0.3) is 0 Å². The third-order valence-electron chi connectivity index (χ3n) is 4.11. The van der Waals surface area contributed by atoms with Gasteiger partial charge in [-0.3, -0.25) is 0 Å². The highest BCUT2D eigenvalue weighted by atomic mass is 19.1. The van der Waals surface area contributed by atoms with E-state index in [1.807, 2.05) is 31.2 Å². The van der Waals surface area contributed by atoms with Gasteiger partial charge in [0.15, 0.2) is 5.82 Å². The minimum absolute atomic E-state index is 0.00697. The molecule has 1 atom stereocenters. The Kier molecular flexibility index (Phi) is 3.66. The maximum absolute atomic E-state index is 14.2. The number of hydrogen-bond donors (Lipinski definition) is 1. The van der Waals surface area contributed by atoms with Crippen LogP contribution in [0.3, 0.4) is 0 Å². The molecule has 0 bridgehead atoms. The highest BCUT2D eigenvalue weighted by Crippen LogP contribution is 2.43. The van der Waals surface area contributed by atoms with Gasteiger partial charge in [0.1, 0.15) is 11.5 Å². The van der Waals surface area contributed by atoms with E-state index in [2.05, 4.69) is 5.32 Å². The molecule has 110 valence electrons. The fourth-order valence-electron chi connectivity index (χ4n) is 2.62. The van der Waals surface area contributed by atoms with Crippen molar-refractivity contribution in [3.8, 4) is 0 Å². The minimum Gasteiger partial charge on any atom is -0.373 e. The normalized spacial score (nSPS) is 15.8. The molecule has 0 aromatic heterocycles. The second-order valence-electron chi connectivity index (χ2n) is 5.92. The van der Waals surface area contributed by atoms with Crippen LogP contribution in [0.15, 0.2) is 36.4 Å². The molecule has 1 N–H and O–H groups in total. The first kappa shape index (κ1) is 14.1. The van der Waals surface area contributed by atoms with Gasteiger partial charge in [-0.25, -0.2) is 8.78 Å². The van der Waals surface area contributed by atoms with E-state index < -0.39 is 11.6 Å². The summed E-state index contributed by atoms with van der Waals surface area (Å²) in [4.78, 5) is 0. The van der Waals surface area contributed by atoms with Gasteiger partial charge < -0.3 is 5.32 Å². The molecule has 1 aliphatic rings. The lowest BCUT2D eigenvalue weighted by Crippen LogP contribution is -2.15. The van der Waals surface area contributed by atoms with E-state index >= 15 is 0 Å². The quantitative estimate of drug-likeness (QED) is 0.820. The van der Waals surface area contributed by atoms with Crippen molar-refractivity contribution in [1.82, 2.24) is 0 Å². The van der Waals surface area contributed by atoms with E-state index in [-0.39, 0.29) is 11.7 Å². The minimum atomic E-state index is -0.532. The Morgan fingerprint density at radius 2 is 1.67 bits per heavy atom. The molecule has 0 heterocycles. The van der Waals surface area contributed by atoms with Gasteiger partial charge in [-0.1, -0.05) is 35.9 Å². The van der Waals surface area contributed by atoms with Gasteiger partial charge in [0, 0.05) is 0 Å². The van der Waals surface area contributed by atoms with Crippen molar-refractivity contribution in [2.45, 2.75) is 32.7 Å². The van der Waals surface area contributed by atoms with E-state index in [1.165, 1.54) is 17.7 Å². The van der Waals surface area contributed by atoms with Crippen LogP contribution in [0.4, 0.5) is 14.5 Å². The van der Waals surface area contributed by atoms with E-state index in [0.717, 1.165) is 18.4 Å². The van der Waals surface area contributed by atoms with Crippen molar-refractivity contribution in [2.24, 2.45) is 5.92 Å². The van der Waals surface area contributed by atoms with Gasteiger partial charge in [-0.15, -0.1) is 0 Å². The molecule has 1 fully saturated rings. The second kappa shape index (κ2) is 5.47. The lowest BCUT2D eigenvalue weighted by molar-refractivity contribution is 0.570. The first-order valence-corrected chi connectivity index (χ1v) is 7.34. The van der Waals surface area contributed by atoms with Crippen LogP contribution in [-0.2, 0) is 0 Å². The van der Waals surface area contributed by atoms with Gasteiger partial charge in [0.05, 0.1) is 6.04 Å². The molecule has 3 heteroatoms. The lowest BCUT2D eigenvalue weighted by Gasteiger charge is -2.21. The zero-order chi connectivity index (χ0) is 15.0. The van der Waals surface area contributed by atoms with Gasteiger partial charge in [0.25, 0.3) is 0 Å². The molecule has 0 aliphatic heterocycles. The summed E-state index contributed by atoms with van der Waals surface area (Å²) in [6.07, 6.45) is 2.20. The van der Waals surface area contributed by atoms with E-state index in [4.69, 9.17) is 0 Å². The number of benzene rings is 2. The zero-order valence-electron chi connectivity index (χ0n) is 12.3. The molecule has 1 unspecified atom stereocenters. The van der Waals surface area contributed by atoms with Crippen molar-refractivity contribution >= 4 is 5.69 Å². The maximum atomic E-state index is 14.2. The van der Waals surface area contributed by atoms with Crippen LogP contribution < -0.4 is 5.32 Å². The number of halogens is 2. The summed E-state index contributed by atoms with van der Waals surface area (Å²) in [5.74, 6) is -0.573. The fraction of sp³-hybridized carbons (Fsp3) is 0.333. The van der Waals surface area contributed by atoms with Crippen molar-refractivity contribution in [2.75, 3.05) is 5.32 Å². The molecule has 0 spiro atoms. The van der Waals surface area contributed by atoms with E-state index in [0.29, 0.717) is 11.5 Å². The number of aryl methyl sites for hydroxylation is 2. The molecule has 1 saturated carbocycles. The highest BCUT2D eigenvalue weighted by molar-refractivity contribution is 5.51. The number of anilines is 1. The van der Waals surface area contributed by atoms with E-state index in [1.54, 1.807) is 6.92 Å². The monoisotopic (exact) mass is 287 g/mol. The predicted molar refractivity (Wildman–Crippen MR) is 81.4 cm³/mol. The Bertz CT molecular complexity index is 645. The average Bonchev–Trinajstić information content (AvgIpc) is 3.29. The van der Waals surface area contributed by atoms with Crippen molar-refractivity contribution in [3.63, 3.8) is 0 Å². The Hall–Kier alpha value is -1.90. The molecule has 2 aromatic carbocycles. The molecule has 1 aliphatic carbocycles. The van der Waals surface area contributed by atoms with Crippen LogP contribution in [0.5, 0.6) is 0 Å². The molecular weight excluding hydrogens is 268 g/mol. The Labute approximate surface area is 124 Å². The van der Waals surface area contributed by atoms with Crippen LogP contribution in [-0.4, -0.2) is 0 Å². The van der Waals surface area contributed by atoms with Crippen LogP contribution >= 0.6 is 0 Å². The largest absolute Gasteiger partial charge is 0.373 e. The topological polar surface area (TPSA) is 12.0 Å². The standard InChI is InChI=1S/C18H19F2N/c1-11-3-6-13(7-4-11)17(14-8-9-14)21-18-15(19)10-5-12(2)16(18)20/h3-7,10,14,17,21H,8-9H2,1-2H3. The Balaban J connectivity index is 1.93. The highest BCUT2D eigenvalue weighted by Gasteiger charge is 2.33. The summed E-state index contributed by atoms with van der Waals surface area (Å²) in [7, 11) is 0. The van der Waals surface area contributed by atoms with Gasteiger partial charge in [0.2, 0.25) is 0 Å². The van der Waals surface area contributed by atoms with Crippen LogP contribution in [0, 0.1) is 31.4 Å². The van der Waals surface area contributed by atoms with Gasteiger partial charge in [-0.2, -0.15) is 0 Å². The number of nitrogens with one attached hydrogen (secondary N) is 1. The molecule has 2 aromatic rings. The first-order valence-electron chi connectivity index (χ1n) is 7.34. The van der Waals surface area contributed by atoms with Crippen molar-refractivity contribution in [1.29, 1.82) is 0 Å². The smallest absolute Gasteiger partial charge is 0.152 e. The van der Waals surface area contributed by atoms with Crippen LogP contribution in [0.1, 0.15) is 35.6 Å². The van der Waals surface area contributed by atoms with Crippen molar-refractivity contribution < 1.29 is 8.78 Å². The van der Waals surface area contributed by atoms with Gasteiger partial charge in [-0.05, 0) is 49.8 Å². The maximum Gasteiger partial charge on any atom is 0.152 e. The van der Waals surface area contributed by atoms with Crippen molar-refractivity contribution in [3.05, 3.63) is 64.7 Å². The second-order valence-corrected chi connectivity index (χ2v) is 5.92. The van der Waals surface area contributed by atoms with Crippen LogP contribution in [0.2, 0.25) is 0 Å².